The van der Waals surface area contributed by atoms with E-state index in [4.69, 9.17) is 33.9 Å². The molecule has 0 fully saturated rings. The van der Waals surface area contributed by atoms with Crippen LogP contribution in [0.3, 0.4) is 0 Å². The highest BCUT2D eigenvalue weighted by atomic mass is 32.2. The van der Waals surface area contributed by atoms with Crippen molar-refractivity contribution < 1.29 is 19.1 Å². The molecular weight excluding hydrogens is 388 g/mol. The van der Waals surface area contributed by atoms with Crippen LogP contribution in [0.1, 0.15) is 39.5 Å². The maximum absolute atomic E-state index is 11.2. The molecule has 0 rings (SSSR count). The van der Waals surface area contributed by atoms with Crippen LogP contribution in [-0.4, -0.2) is 45.5 Å². The minimum Gasteiger partial charge on any atom is -0.458 e. The van der Waals surface area contributed by atoms with E-state index in [9.17, 15) is 9.59 Å². The minimum atomic E-state index is -0.377. The maximum Gasteiger partial charge on any atom is 0.374 e. The van der Waals surface area contributed by atoms with Gasteiger partial charge >= 0.3 is 10.6 Å². The van der Waals surface area contributed by atoms with Crippen molar-refractivity contribution in [2.75, 3.05) is 26.3 Å². The molecule has 0 aromatic heterocycles. The molecular formula is C14H24N2O4S4. The molecule has 0 aromatic rings. The van der Waals surface area contributed by atoms with Gasteiger partial charge in [-0.05, 0) is 26.7 Å². The Morgan fingerprint density at radius 2 is 1.17 bits per heavy atom. The summed E-state index contributed by atoms with van der Waals surface area (Å²) in [5, 5.41) is 5.28. The zero-order chi connectivity index (χ0) is 18.2. The van der Waals surface area contributed by atoms with Gasteiger partial charge in [-0.2, -0.15) is 0 Å². The van der Waals surface area contributed by atoms with Crippen molar-refractivity contribution in [1.82, 2.24) is 10.6 Å². The van der Waals surface area contributed by atoms with Crippen LogP contribution < -0.4 is 10.6 Å². The van der Waals surface area contributed by atoms with Crippen molar-refractivity contribution in [3.8, 4) is 0 Å². The van der Waals surface area contributed by atoms with Crippen molar-refractivity contribution in [3.05, 3.63) is 0 Å². The molecule has 0 bridgehead atoms. The van der Waals surface area contributed by atoms with E-state index < -0.39 is 0 Å². The second-order valence-corrected chi connectivity index (χ2v) is 7.64. The van der Waals surface area contributed by atoms with Crippen LogP contribution in [-0.2, 0) is 9.47 Å². The van der Waals surface area contributed by atoms with Crippen LogP contribution in [0.25, 0.3) is 0 Å². The molecule has 138 valence electrons. The van der Waals surface area contributed by atoms with Gasteiger partial charge in [0.1, 0.15) is 8.64 Å². The Hall–Kier alpha value is -0.580. The van der Waals surface area contributed by atoms with Gasteiger partial charge in [0.15, 0.2) is 0 Å². The van der Waals surface area contributed by atoms with Gasteiger partial charge in [0.2, 0.25) is 0 Å². The monoisotopic (exact) mass is 412 g/mol. The SMILES string of the molecule is CCOC(=O)SC(=S)NCCCCCCNC(=S)SC(=O)OCC. The van der Waals surface area contributed by atoms with Crippen LogP contribution in [0.5, 0.6) is 0 Å². The van der Waals surface area contributed by atoms with E-state index in [0.717, 1.165) is 62.3 Å². The second kappa shape index (κ2) is 15.9. The Bertz CT molecular complexity index is 384. The third kappa shape index (κ3) is 15.0. The van der Waals surface area contributed by atoms with Crippen LogP contribution in [0, 0.1) is 0 Å². The third-order valence-electron chi connectivity index (χ3n) is 2.52. The lowest BCUT2D eigenvalue weighted by Gasteiger charge is -2.08. The lowest BCUT2D eigenvalue weighted by molar-refractivity contribution is 0.181. The van der Waals surface area contributed by atoms with Crippen molar-refractivity contribution >= 4 is 67.2 Å². The average molecular weight is 413 g/mol. The standard InChI is InChI=1S/C14H24N2O4S4/c1-3-19-13(17)23-11(21)15-9-7-5-6-8-10-16-12(22)24-14(18)20-4-2/h3-10H2,1-2H3,(H,15,21)(H,16,22). The molecule has 0 amide bonds. The van der Waals surface area contributed by atoms with Gasteiger partial charge in [-0.1, -0.05) is 37.3 Å². The van der Waals surface area contributed by atoms with E-state index in [1.807, 2.05) is 0 Å². The number of carbonyl (C=O) groups is 2. The summed E-state index contributed by atoms with van der Waals surface area (Å²) in [6, 6.07) is 0. The number of rotatable bonds is 9. The largest absolute Gasteiger partial charge is 0.458 e. The van der Waals surface area contributed by atoms with Crippen molar-refractivity contribution in [2.45, 2.75) is 39.5 Å². The molecule has 0 aliphatic carbocycles. The van der Waals surface area contributed by atoms with Gasteiger partial charge in [0, 0.05) is 36.6 Å². The molecule has 0 saturated heterocycles. The number of hydrogen-bond donors (Lipinski definition) is 2. The Morgan fingerprint density at radius 1 is 0.792 bits per heavy atom. The summed E-state index contributed by atoms with van der Waals surface area (Å²) in [7, 11) is 0. The number of hydrogen-bond acceptors (Lipinski definition) is 8. The zero-order valence-electron chi connectivity index (χ0n) is 13.9. The highest BCUT2D eigenvalue weighted by molar-refractivity contribution is 8.32. The van der Waals surface area contributed by atoms with Gasteiger partial charge in [0.05, 0.1) is 13.2 Å². The van der Waals surface area contributed by atoms with E-state index in [2.05, 4.69) is 10.6 Å². The Morgan fingerprint density at radius 3 is 1.50 bits per heavy atom. The van der Waals surface area contributed by atoms with Crippen molar-refractivity contribution in [3.63, 3.8) is 0 Å². The molecule has 10 heteroatoms. The molecule has 0 aromatic carbocycles. The molecule has 24 heavy (non-hydrogen) atoms. The number of carbonyl (C=O) groups excluding carboxylic acids is 2. The predicted molar refractivity (Wildman–Crippen MR) is 109 cm³/mol. The molecule has 0 saturated carbocycles. The van der Waals surface area contributed by atoms with Crippen LogP contribution in [0.15, 0.2) is 0 Å². The first-order valence-corrected chi connectivity index (χ1v) is 10.2. The van der Waals surface area contributed by atoms with E-state index in [0.29, 0.717) is 21.9 Å². The smallest absolute Gasteiger partial charge is 0.374 e. The Kier molecular flexibility index (Phi) is 15.5. The second-order valence-electron chi connectivity index (χ2n) is 4.41. The summed E-state index contributed by atoms with van der Waals surface area (Å²) >= 11 is 11.9. The molecule has 0 unspecified atom stereocenters. The number of unbranched alkanes of at least 4 members (excludes halogenated alkanes) is 3. The fraction of sp³-hybridized carbons (Fsp3) is 0.714. The number of thioether (sulfide) groups is 2. The van der Waals surface area contributed by atoms with Gasteiger partial charge in [-0.3, -0.25) is 0 Å². The molecule has 0 radical (unpaired) electrons. The summed E-state index contributed by atoms with van der Waals surface area (Å²) in [4.78, 5) is 22.4. The van der Waals surface area contributed by atoms with E-state index in [1.54, 1.807) is 13.8 Å². The van der Waals surface area contributed by atoms with Gasteiger partial charge in [0.25, 0.3) is 0 Å². The zero-order valence-corrected chi connectivity index (χ0v) is 17.2. The number of ether oxygens (including phenoxy) is 2. The number of nitrogens with one attached hydrogen (secondary N) is 2. The summed E-state index contributed by atoms with van der Waals surface area (Å²) in [6.07, 6.45) is 4.01. The molecule has 0 heterocycles. The fourth-order valence-electron chi connectivity index (χ4n) is 1.50. The number of thiocarbonyl (C=S) groups is 2. The van der Waals surface area contributed by atoms with Gasteiger partial charge in [-0.15, -0.1) is 0 Å². The summed E-state index contributed by atoms with van der Waals surface area (Å²) in [6.45, 7) is 5.68. The first-order chi connectivity index (χ1) is 11.5. The first kappa shape index (κ1) is 23.4. The molecule has 0 atom stereocenters. The lowest BCUT2D eigenvalue weighted by atomic mass is 10.2. The highest BCUT2D eigenvalue weighted by Crippen LogP contribution is 2.08. The topological polar surface area (TPSA) is 76.7 Å². The van der Waals surface area contributed by atoms with E-state index >= 15 is 0 Å². The minimum absolute atomic E-state index is 0.351. The molecule has 6 nitrogen and oxygen atoms in total. The van der Waals surface area contributed by atoms with Crippen LogP contribution >= 0.6 is 48.0 Å². The molecule has 0 spiro atoms. The third-order valence-corrected chi connectivity index (χ3v) is 4.54. The van der Waals surface area contributed by atoms with Crippen molar-refractivity contribution in [1.29, 1.82) is 0 Å². The van der Waals surface area contributed by atoms with E-state index in [1.165, 1.54) is 0 Å². The van der Waals surface area contributed by atoms with Crippen molar-refractivity contribution in [2.24, 2.45) is 0 Å². The maximum atomic E-state index is 11.2. The Balaban J connectivity index is 3.45. The van der Waals surface area contributed by atoms with E-state index in [-0.39, 0.29) is 10.6 Å². The average Bonchev–Trinajstić information content (AvgIpc) is 2.50. The fourth-order valence-corrected chi connectivity index (χ4v) is 3.12. The first-order valence-electron chi connectivity index (χ1n) is 7.74. The highest BCUT2D eigenvalue weighted by Gasteiger charge is 2.07. The summed E-state index contributed by atoms with van der Waals surface area (Å²) < 4.78 is 10.5. The Labute approximate surface area is 162 Å². The van der Waals surface area contributed by atoms with Crippen LogP contribution in [0.4, 0.5) is 9.59 Å². The summed E-state index contributed by atoms with van der Waals surface area (Å²) in [5.41, 5.74) is 0. The normalized spacial score (nSPS) is 9.92. The van der Waals surface area contributed by atoms with Gasteiger partial charge < -0.3 is 20.1 Å². The predicted octanol–water partition coefficient (Wildman–Crippen LogP) is 4.08. The lowest BCUT2D eigenvalue weighted by Crippen LogP contribution is -2.22. The molecule has 2 N–H and O–H groups in total. The molecule has 0 aliphatic heterocycles. The quantitative estimate of drug-likeness (QED) is 0.329. The van der Waals surface area contributed by atoms with Gasteiger partial charge in [-0.25, -0.2) is 9.59 Å². The molecule has 0 aliphatic rings. The summed E-state index contributed by atoms with van der Waals surface area (Å²) in [5.74, 6) is 0. The van der Waals surface area contributed by atoms with Crippen LogP contribution in [0.2, 0.25) is 0 Å².